The van der Waals surface area contributed by atoms with E-state index in [1.807, 2.05) is 6.07 Å². The van der Waals surface area contributed by atoms with Gasteiger partial charge in [-0.2, -0.15) is 5.26 Å². The number of halogens is 1. The number of phenolic OH excluding ortho intramolecular Hbond substituents is 1. The lowest BCUT2D eigenvalue weighted by Crippen LogP contribution is -2.30. The topological polar surface area (TPSA) is 64.3 Å². The van der Waals surface area contributed by atoms with Crippen LogP contribution in [0.15, 0.2) is 18.2 Å². The van der Waals surface area contributed by atoms with Crippen LogP contribution in [0.5, 0.6) is 5.75 Å². The summed E-state index contributed by atoms with van der Waals surface area (Å²) in [6.07, 6.45) is 0. The van der Waals surface area contributed by atoms with Gasteiger partial charge in [0.25, 0.3) is 5.91 Å². The van der Waals surface area contributed by atoms with Crippen LogP contribution < -0.4 is 0 Å². The van der Waals surface area contributed by atoms with Crippen molar-refractivity contribution in [2.24, 2.45) is 5.92 Å². The molecule has 1 amide bonds. The number of nitrogens with zero attached hydrogens (tertiary/aromatic N) is 2. The van der Waals surface area contributed by atoms with Gasteiger partial charge in [-0.1, -0.05) is 0 Å². The van der Waals surface area contributed by atoms with Crippen molar-refractivity contribution in [3.63, 3.8) is 0 Å². The summed E-state index contributed by atoms with van der Waals surface area (Å²) in [6.45, 7) is 1.94. The quantitative estimate of drug-likeness (QED) is 0.869. The Hall–Kier alpha value is -2.09. The summed E-state index contributed by atoms with van der Waals surface area (Å²) in [7, 11) is 1.53. The summed E-state index contributed by atoms with van der Waals surface area (Å²) < 4.78 is 12.7. The normalized spacial score (nSPS) is 11.6. The van der Waals surface area contributed by atoms with Crippen LogP contribution in [0.25, 0.3) is 0 Å². The van der Waals surface area contributed by atoms with Crippen molar-refractivity contribution in [1.29, 1.82) is 5.26 Å². The maximum atomic E-state index is 12.7. The highest BCUT2D eigenvalue weighted by Gasteiger charge is 2.17. The molecule has 0 saturated heterocycles. The minimum Gasteiger partial charge on any atom is -0.507 e. The van der Waals surface area contributed by atoms with Gasteiger partial charge in [-0.3, -0.25) is 4.79 Å². The average molecular weight is 236 g/mol. The molecule has 5 heteroatoms. The predicted octanol–water partition coefficient (Wildman–Crippen LogP) is 1.76. The van der Waals surface area contributed by atoms with E-state index in [0.29, 0.717) is 0 Å². The fourth-order valence-electron chi connectivity index (χ4n) is 1.43. The molecule has 1 rings (SSSR count). The van der Waals surface area contributed by atoms with Gasteiger partial charge in [0, 0.05) is 19.7 Å². The molecule has 0 saturated carbocycles. The van der Waals surface area contributed by atoms with E-state index in [1.54, 1.807) is 6.92 Å². The molecule has 0 fully saturated rings. The maximum absolute atomic E-state index is 12.7. The molecule has 1 N–H and O–H groups in total. The lowest BCUT2D eigenvalue weighted by molar-refractivity contribution is 0.0782. The lowest BCUT2D eigenvalue weighted by atomic mass is 10.1. The monoisotopic (exact) mass is 236 g/mol. The summed E-state index contributed by atoms with van der Waals surface area (Å²) >= 11 is 0. The van der Waals surface area contributed by atoms with Crippen molar-refractivity contribution in [3.05, 3.63) is 29.6 Å². The smallest absolute Gasteiger partial charge is 0.257 e. The van der Waals surface area contributed by atoms with Gasteiger partial charge in [-0.05, 0) is 19.1 Å². The Labute approximate surface area is 98.9 Å². The van der Waals surface area contributed by atoms with Crippen LogP contribution in [0.4, 0.5) is 4.39 Å². The Morgan fingerprint density at radius 1 is 1.65 bits per heavy atom. The van der Waals surface area contributed by atoms with Crippen LogP contribution in [0.3, 0.4) is 0 Å². The van der Waals surface area contributed by atoms with Crippen LogP contribution in [0.1, 0.15) is 17.3 Å². The average Bonchev–Trinajstić information content (AvgIpc) is 2.28. The molecule has 0 spiro atoms. The molecule has 17 heavy (non-hydrogen) atoms. The molecule has 0 aliphatic carbocycles. The zero-order valence-electron chi connectivity index (χ0n) is 9.64. The van der Waals surface area contributed by atoms with E-state index in [4.69, 9.17) is 5.26 Å². The first-order valence-corrected chi connectivity index (χ1v) is 5.09. The summed E-state index contributed by atoms with van der Waals surface area (Å²) in [4.78, 5) is 13.2. The van der Waals surface area contributed by atoms with Crippen molar-refractivity contribution >= 4 is 5.91 Å². The number of aromatic hydroxyl groups is 1. The fraction of sp³-hybridized carbons (Fsp3) is 0.333. The van der Waals surface area contributed by atoms with E-state index >= 15 is 0 Å². The van der Waals surface area contributed by atoms with Gasteiger partial charge in [-0.15, -0.1) is 0 Å². The van der Waals surface area contributed by atoms with Crippen LogP contribution in [-0.2, 0) is 0 Å². The standard InChI is InChI=1S/C12H13FN2O2/c1-8(6-14)7-15(2)12(17)10-4-3-9(13)5-11(10)16/h3-5,8,16H,7H2,1-2H3. The summed E-state index contributed by atoms with van der Waals surface area (Å²) in [5.74, 6) is -1.74. The minimum absolute atomic E-state index is 0.0269. The molecule has 90 valence electrons. The SMILES string of the molecule is CC(C#N)CN(C)C(=O)c1ccc(F)cc1O. The maximum Gasteiger partial charge on any atom is 0.257 e. The van der Waals surface area contributed by atoms with Gasteiger partial charge in [-0.25, -0.2) is 4.39 Å². The fourth-order valence-corrected chi connectivity index (χ4v) is 1.43. The third kappa shape index (κ3) is 3.18. The summed E-state index contributed by atoms with van der Waals surface area (Å²) in [5.41, 5.74) is 0.0269. The molecule has 0 bridgehead atoms. The summed E-state index contributed by atoms with van der Waals surface area (Å²) in [5, 5.41) is 18.1. The third-order valence-corrected chi connectivity index (χ3v) is 2.30. The van der Waals surface area contributed by atoms with E-state index in [1.165, 1.54) is 18.0 Å². The number of hydrogen-bond acceptors (Lipinski definition) is 3. The first-order valence-electron chi connectivity index (χ1n) is 5.09. The van der Waals surface area contributed by atoms with E-state index in [2.05, 4.69) is 0 Å². The molecule has 0 aliphatic heterocycles. The number of hydrogen-bond donors (Lipinski definition) is 1. The molecule has 1 atom stereocenters. The Balaban J connectivity index is 2.86. The van der Waals surface area contributed by atoms with Gasteiger partial charge >= 0.3 is 0 Å². The van der Waals surface area contributed by atoms with Gasteiger partial charge < -0.3 is 10.0 Å². The second-order valence-corrected chi connectivity index (χ2v) is 3.88. The first-order chi connectivity index (χ1) is 7.95. The number of carbonyl (C=O) groups excluding carboxylic acids is 1. The van der Waals surface area contributed by atoms with Gasteiger partial charge in [0.1, 0.15) is 11.6 Å². The van der Waals surface area contributed by atoms with E-state index in [-0.39, 0.29) is 18.0 Å². The van der Waals surface area contributed by atoms with Gasteiger partial charge in [0.15, 0.2) is 0 Å². The molecule has 1 unspecified atom stereocenters. The van der Waals surface area contributed by atoms with Crippen LogP contribution in [-0.4, -0.2) is 29.5 Å². The van der Waals surface area contributed by atoms with Gasteiger partial charge in [0.05, 0.1) is 17.6 Å². The number of nitriles is 1. The van der Waals surface area contributed by atoms with E-state index in [9.17, 15) is 14.3 Å². The Morgan fingerprint density at radius 3 is 2.82 bits per heavy atom. The van der Waals surface area contributed by atoms with Crippen molar-refractivity contribution in [1.82, 2.24) is 4.90 Å². The van der Waals surface area contributed by atoms with Crippen molar-refractivity contribution in [2.45, 2.75) is 6.92 Å². The second-order valence-electron chi connectivity index (χ2n) is 3.88. The second kappa shape index (κ2) is 5.30. The highest BCUT2D eigenvalue weighted by molar-refractivity contribution is 5.96. The van der Waals surface area contributed by atoms with Gasteiger partial charge in [0.2, 0.25) is 0 Å². The van der Waals surface area contributed by atoms with Crippen LogP contribution >= 0.6 is 0 Å². The first kappa shape index (κ1) is 13.0. The predicted molar refractivity (Wildman–Crippen MR) is 59.8 cm³/mol. The minimum atomic E-state index is -0.605. The Bertz CT molecular complexity index is 468. The Morgan fingerprint density at radius 2 is 2.29 bits per heavy atom. The number of carbonyl (C=O) groups is 1. The molecular weight excluding hydrogens is 223 g/mol. The molecule has 1 aromatic carbocycles. The van der Waals surface area contributed by atoms with Crippen LogP contribution in [0, 0.1) is 23.1 Å². The van der Waals surface area contributed by atoms with Crippen molar-refractivity contribution in [2.75, 3.05) is 13.6 Å². The van der Waals surface area contributed by atoms with E-state index < -0.39 is 17.5 Å². The summed E-state index contributed by atoms with van der Waals surface area (Å²) in [6, 6.07) is 5.22. The molecule has 0 aromatic heterocycles. The largest absolute Gasteiger partial charge is 0.507 e. The zero-order chi connectivity index (χ0) is 13.0. The lowest BCUT2D eigenvalue weighted by Gasteiger charge is -2.18. The molecule has 0 radical (unpaired) electrons. The molecule has 4 nitrogen and oxygen atoms in total. The van der Waals surface area contributed by atoms with E-state index in [0.717, 1.165) is 12.1 Å². The number of benzene rings is 1. The number of phenols is 1. The highest BCUT2D eigenvalue weighted by atomic mass is 19.1. The molecular formula is C12H13FN2O2. The molecule has 0 aliphatic rings. The number of amides is 1. The number of rotatable bonds is 3. The molecule has 1 aromatic rings. The van der Waals surface area contributed by atoms with Crippen molar-refractivity contribution < 1.29 is 14.3 Å². The zero-order valence-corrected chi connectivity index (χ0v) is 9.64. The Kier molecular flexibility index (Phi) is 4.05. The third-order valence-electron chi connectivity index (χ3n) is 2.30. The highest BCUT2D eigenvalue weighted by Crippen LogP contribution is 2.19. The van der Waals surface area contributed by atoms with Crippen LogP contribution in [0.2, 0.25) is 0 Å². The van der Waals surface area contributed by atoms with Crippen molar-refractivity contribution in [3.8, 4) is 11.8 Å². The molecule has 0 heterocycles.